The summed E-state index contributed by atoms with van der Waals surface area (Å²) in [5, 5.41) is 88.1. The Kier molecular flexibility index (Phi) is 21.1. The SMILES string of the molecule is CO[C@H](CO)CC[C@@H]1CC[C@@]2(CC[C@@]3(CC[C@@H](NC[C@H](C)O)c4cc(O)ccc4C3)C2)C[C@@]12CC#C[C@H]1NC(N)=N[C@H](C(C)C)CSSC[C@@H]1[C@@H]1Cc3c4cc(c(c3O[C@H]1O)OCN2)CC#Cc1c(ccc(O)c1OCO)CCC(=O)C[C@H](O)CC4. The number of aliphatic hydroxyl groups excluding tert-OH is 5. The fourth-order valence-corrected chi connectivity index (χ4v) is 18.3. The second kappa shape index (κ2) is 28.3. The Hall–Kier alpha value is -4.90. The molecule has 0 aromatic heterocycles. The number of carbonyl (C=O) groups excluding carboxylic acids is 1. The Bertz CT molecular complexity index is 3050. The fraction of sp³-hybridized carbons (Fsp3) is 0.642. The molecule has 86 heavy (non-hydrogen) atoms. The highest BCUT2D eigenvalue weighted by Crippen LogP contribution is 2.63. The topological polar surface area (TPSA) is 270 Å². The van der Waals surface area contributed by atoms with Gasteiger partial charge in [-0.2, -0.15) is 0 Å². The maximum absolute atomic E-state index is 13.5. The van der Waals surface area contributed by atoms with Gasteiger partial charge < -0.3 is 71.1 Å². The molecule has 3 spiro atoms. The zero-order valence-corrected chi connectivity index (χ0v) is 52.1. The number of hydrogen-bond acceptors (Lipinski definition) is 19. The number of aryl methyl sites for hydroxylation is 2. The van der Waals surface area contributed by atoms with Gasteiger partial charge in [0.15, 0.2) is 35.8 Å². The van der Waals surface area contributed by atoms with Gasteiger partial charge in [-0.3, -0.25) is 10.1 Å². The van der Waals surface area contributed by atoms with Gasteiger partial charge in [-0.25, -0.2) is 4.99 Å². The van der Waals surface area contributed by atoms with Crippen LogP contribution in [0.25, 0.3) is 0 Å². The van der Waals surface area contributed by atoms with Crippen molar-refractivity contribution in [2.45, 2.75) is 191 Å². The minimum atomic E-state index is -1.29. The maximum Gasteiger partial charge on any atom is 0.201 e. The molecular weight excluding hydrogens is 1130 g/mol. The molecule has 6 bridgehead atoms. The Morgan fingerprint density at radius 1 is 0.895 bits per heavy atom. The summed E-state index contributed by atoms with van der Waals surface area (Å²) in [4.78, 5) is 18.6. The second-order valence-electron chi connectivity index (χ2n) is 26.3. The van der Waals surface area contributed by atoms with Gasteiger partial charge in [-0.1, -0.05) is 77.3 Å². The lowest BCUT2D eigenvalue weighted by atomic mass is 9.57. The summed E-state index contributed by atoms with van der Waals surface area (Å²) in [5.41, 5.74) is 12.0. The number of ether oxygens (including phenoxy) is 4. The summed E-state index contributed by atoms with van der Waals surface area (Å²) in [5.74, 6) is 16.1. The number of methoxy groups -OCH3 is 1. The molecule has 12 N–H and O–H groups in total. The van der Waals surface area contributed by atoms with E-state index in [9.17, 15) is 40.5 Å². The third kappa shape index (κ3) is 14.7. The van der Waals surface area contributed by atoms with Crippen LogP contribution in [0.2, 0.25) is 0 Å². The molecular formula is C67H91N5O12S2. The van der Waals surface area contributed by atoms with Crippen LogP contribution in [0.3, 0.4) is 0 Å². The maximum atomic E-state index is 13.5. The first-order chi connectivity index (χ1) is 41.4. The number of aliphatic imine (C=N–C) groups is 1. The van der Waals surface area contributed by atoms with Gasteiger partial charge in [0.2, 0.25) is 6.29 Å². The van der Waals surface area contributed by atoms with Gasteiger partial charge in [0.25, 0.3) is 0 Å². The molecule has 3 aromatic carbocycles. The fourth-order valence-electron chi connectivity index (χ4n) is 15.5. The molecule has 8 aliphatic rings. The lowest BCUT2D eigenvalue weighted by Gasteiger charge is -2.52. The number of benzene rings is 3. The van der Waals surface area contributed by atoms with Gasteiger partial charge in [0, 0.05) is 85.4 Å². The quantitative estimate of drug-likeness (QED) is 0.0512. The average molecular weight is 1220 g/mol. The number of ketones is 1. The van der Waals surface area contributed by atoms with Crippen molar-refractivity contribution in [1.82, 2.24) is 16.0 Å². The summed E-state index contributed by atoms with van der Waals surface area (Å²) in [7, 11) is 5.14. The van der Waals surface area contributed by atoms with Crippen LogP contribution in [0, 0.1) is 58.2 Å². The molecule has 0 unspecified atom stereocenters. The van der Waals surface area contributed by atoms with Gasteiger partial charge >= 0.3 is 0 Å². The van der Waals surface area contributed by atoms with Crippen molar-refractivity contribution in [3.63, 3.8) is 0 Å². The van der Waals surface area contributed by atoms with Gasteiger partial charge in [0.05, 0.1) is 42.6 Å². The lowest BCUT2D eigenvalue weighted by Crippen LogP contribution is -2.58. The number of nitrogens with zero attached hydrogens (tertiary/aromatic N) is 1. The average Bonchev–Trinajstić information content (AvgIpc) is 1.58. The van der Waals surface area contributed by atoms with Crippen LogP contribution in [0.4, 0.5) is 0 Å². The molecule has 13 atom stereocenters. The van der Waals surface area contributed by atoms with E-state index < -0.39 is 42.8 Å². The van der Waals surface area contributed by atoms with Crippen molar-refractivity contribution in [1.29, 1.82) is 0 Å². The minimum absolute atomic E-state index is 0.00286. The standard InChI is InChI=1S/C67H91N5O12S2/c1-40(2)58-35-86-85-34-55-54-30-53-43-11-16-48(77)28-47(76)15-10-42-13-19-59(79)61(83-39-74)51(42)8-5-7-44(27-43)60(62(53)84-63(54)80)82-38-70-67(22-6-9-57(55)71-64(68)72-58)37-66(23-20-46(67)14-18-50(33-73)81-4)26-25-65(36-66)24-21-56(69-32-41(3)75)52-29-49(78)17-12-45(52)31-65/h12-13,17,19,27,29,40-41,46,48,50,54-58,63,69-70,73-75,77-80H,7,10-11,14-16,18,20-26,28,30-39H2,1-4H3,(H3,68,71,72)/t41-,46+,48+,50-,54-,55+,56+,57+,58-,63+,65+,66-,67-/m0/s1. The number of aliphatic hydroxyl groups is 5. The number of carbonyl (C=O) groups is 1. The highest BCUT2D eigenvalue weighted by atomic mass is 33.1. The molecule has 0 amide bonds. The minimum Gasteiger partial charge on any atom is -0.508 e. The van der Waals surface area contributed by atoms with Crippen molar-refractivity contribution in [3.8, 4) is 52.4 Å². The van der Waals surface area contributed by atoms with E-state index in [2.05, 4.69) is 65.6 Å². The summed E-state index contributed by atoms with van der Waals surface area (Å²) < 4.78 is 25.5. The molecule has 19 heteroatoms. The van der Waals surface area contributed by atoms with E-state index >= 15 is 0 Å². The van der Waals surface area contributed by atoms with Crippen molar-refractivity contribution < 1.29 is 59.5 Å². The zero-order chi connectivity index (χ0) is 60.8. The molecule has 4 heterocycles. The van der Waals surface area contributed by atoms with E-state index in [1.165, 1.54) is 11.6 Å². The van der Waals surface area contributed by atoms with Crippen LogP contribution in [0.1, 0.15) is 156 Å². The summed E-state index contributed by atoms with van der Waals surface area (Å²) >= 11 is 0. The Labute approximate surface area is 515 Å². The van der Waals surface area contributed by atoms with Crippen LogP contribution in [-0.4, -0.2) is 135 Å². The second-order valence-corrected chi connectivity index (χ2v) is 28.8. The van der Waals surface area contributed by atoms with Crippen LogP contribution in [0.5, 0.6) is 28.7 Å². The number of hydrogen-bond donors (Lipinski definition) is 11. The number of phenolic OH excluding ortho intramolecular Hbond substituents is 2. The lowest BCUT2D eigenvalue weighted by molar-refractivity contribution is -0.121. The number of Topliss-reactive ketones (excluding diaryl/α,β-unsaturated/α-hetero) is 1. The molecule has 11 rings (SSSR count). The Morgan fingerprint density at radius 2 is 1.70 bits per heavy atom. The predicted molar refractivity (Wildman–Crippen MR) is 335 cm³/mol. The highest BCUT2D eigenvalue weighted by Gasteiger charge is 2.56. The summed E-state index contributed by atoms with van der Waals surface area (Å²) in [6, 6.07) is 10.5. The van der Waals surface area contributed by atoms with Gasteiger partial charge in [0.1, 0.15) is 18.3 Å². The molecule has 4 aliphatic carbocycles. The molecule has 4 aliphatic heterocycles. The van der Waals surface area contributed by atoms with Crippen molar-refractivity contribution in [2.75, 3.05) is 45.3 Å². The third-order valence-electron chi connectivity index (χ3n) is 20.1. The zero-order valence-electron chi connectivity index (χ0n) is 50.5. The molecule has 17 nitrogen and oxygen atoms in total. The van der Waals surface area contributed by atoms with Gasteiger partial charge in [-0.05, 0) is 166 Å². The third-order valence-corrected chi connectivity index (χ3v) is 22.6. The largest absolute Gasteiger partial charge is 0.508 e. The number of nitrogens with one attached hydrogen (secondary N) is 3. The monoisotopic (exact) mass is 1220 g/mol. The number of aromatic hydroxyl groups is 2. The number of fused-ring (bicyclic) bond motifs is 8. The van der Waals surface area contributed by atoms with Gasteiger partial charge in [-0.15, -0.1) is 0 Å². The van der Waals surface area contributed by atoms with E-state index in [-0.39, 0.29) is 115 Å². The smallest absolute Gasteiger partial charge is 0.201 e. The van der Waals surface area contributed by atoms with Crippen molar-refractivity contribution >= 4 is 33.3 Å². The predicted octanol–water partition coefficient (Wildman–Crippen LogP) is 7.26. The number of nitrogens with two attached hydrogens (primary N) is 1. The Morgan fingerprint density at radius 3 is 2.49 bits per heavy atom. The first kappa shape index (κ1) is 64.1. The molecule has 0 saturated heterocycles. The van der Waals surface area contributed by atoms with Crippen LogP contribution >= 0.6 is 21.6 Å². The molecule has 2 saturated carbocycles. The number of rotatable bonds is 11. The molecule has 3 aromatic rings. The number of guanidine groups is 1. The van der Waals surface area contributed by atoms with Crippen LogP contribution in [0.15, 0.2) is 41.4 Å². The normalized spacial score (nSPS) is 31.2. The molecule has 0 radical (unpaired) electrons. The van der Waals surface area contributed by atoms with Crippen molar-refractivity contribution in [2.24, 2.45) is 45.2 Å². The van der Waals surface area contributed by atoms with E-state index in [1.54, 1.807) is 47.8 Å². The first-order valence-electron chi connectivity index (χ1n) is 31.3. The first-order valence-corrected chi connectivity index (χ1v) is 33.8. The number of phenols is 2. The summed E-state index contributed by atoms with van der Waals surface area (Å²) in [6.45, 7) is 5.78. The van der Waals surface area contributed by atoms with Crippen molar-refractivity contribution in [3.05, 3.63) is 75.3 Å². The van der Waals surface area contributed by atoms with Crippen LogP contribution < -0.4 is 35.9 Å². The van der Waals surface area contributed by atoms with E-state index in [0.29, 0.717) is 72.1 Å². The van der Waals surface area contributed by atoms with Crippen LogP contribution in [-0.2, 0) is 41.6 Å². The summed E-state index contributed by atoms with van der Waals surface area (Å²) in [6.07, 6.45) is 8.91. The van der Waals surface area contributed by atoms with E-state index in [1.807, 2.05) is 6.07 Å². The Balaban J connectivity index is 1.10. The van der Waals surface area contributed by atoms with E-state index in [4.69, 9.17) is 29.7 Å². The van der Waals surface area contributed by atoms with E-state index in [0.717, 1.165) is 86.7 Å². The highest BCUT2D eigenvalue weighted by molar-refractivity contribution is 8.76. The molecule has 468 valence electrons. The molecule has 2 fully saturated rings.